The highest BCUT2D eigenvalue weighted by Gasteiger charge is 2.03. The minimum Gasteiger partial charge on any atom is -0.0955 e. The zero-order chi connectivity index (χ0) is 10.1. The van der Waals surface area contributed by atoms with Crippen molar-refractivity contribution in [1.29, 1.82) is 0 Å². The van der Waals surface area contributed by atoms with E-state index < -0.39 is 0 Å². The molecule has 2 rings (SSSR count). The van der Waals surface area contributed by atoms with Gasteiger partial charge in [0.1, 0.15) is 0 Å². The monoisotopic (exact) mass is 294 g/mol. The Labute approximate surface area is 97.8 Å². The van der Waals surface area contributed by atoms with Gasteiger partial charge in [0.2, 0.25) is 0 Å². The van der Waals surface area contributed by atoms with Gasteiger partial charge in [-0.25, -0.2) is 0 Å². The SMILES string of the molecule is C=C(C)c1cccc2cccc(I)c12. The summed E-state index contributed by atoms with van der Waals surface area (Å²) in [4.78, 5) is 0. The molecule has 0 aliphatic rings. The number of hydrogen-bond donors (Lipinski definition) is 0. The molecule has 0 amide bonds. The lowest BCUT2D eigenvalue weighted by Gasteiger charge is -2.07. The van der Waals surface area contributed by atoms with Crippen LogP contribution in [-0.4, -0.2) is 0 Å². The van der Waals surface area contributed by atoms with Crippen LogP contribution >= 0.6 is 22.6 Å². The largest absolute Gasteiger partial charge is 0.0955 e. The van der Waals surface area contributed by atoms with Gasteiger partial charge in [-0.1, -0.05) is 42.5 Å². The van der Waals surface area contributed by atoms with Crippen molar-refractivity contribution >= 4 is 38.9 Å². The highest BCUT2D eigenvalue weighted by atomic mass is 127. The Morgan fingerprint density at radius 2 is 1.79 bits per heavy atom. The van der Waals surface area contributed by atoms with Gasteiger partial charge in [-0.15, -0.1) is 0 Å². The van der Waals surface area contributed by atoms with E-state index >= 15 is 0 Å². The molecule has 0 atom stereocenters. The molecule has 70 valence electrons. The van der Waals surface area contributed by atoms with Crippen LogP contribution in [0.25, 0.3) is 16.3 Å². The van der Waals surface area contributed by atoms with Crippen LogP contribution in [0.2, 0.25) is 0 Å². The summed E-state index contributed by atoms with van der Waals surface area (Å²) in [7, 11) is 0. The summed E-state index contributed by atoms with van der Waals surface area (Å²) in [5.41, 5.74) is 2.38. The van der Waals surface area contributed by atoms with E-state index in [1.807, 2.05) is 0 Å². The molecule has 0 saturated carbocycles. The third kappa shape index (κ3) is 1.57. The van der Waals surface area contributed by atoms with E-state index in [2.05, 4.69) is 72.5 Å². The average Bonchev–Trinajstić information content (AvgIpc) is 2.17. The molecule has 0 N–H and O–H groups in total. The van der Waals surface area contributed by atoms with Gasteiger partial charge in [0.05, 0.1) is 0 Å². The third-order valence-electron chi connectivity index (χ3n) is 2.31. The lowest BCUT2D eigenvalue weighted by Crippen LogP contribution is -1.84. The van der Waals surface area contributed by atoms with E-state index in [9.17, 15) is 0 Å². The van der Waals surface area contributed by atoms with Crippen molar-refractivity contribution in [3.8, 4) is 0 Å². The maximum absolute atomic E-state index is 4.01. The molecule has 0 nitrogen and oxygen atoms in total. The first-order chi connectivity index (χ1) is 6.70. The van der Waals surface area contributed by atoms with E-state index in [-0.39, 0.29) is 0 Å². The van der Waals surface area contributed by atoms with E-state index in [4.69, 9.17) is 0 Å². The van der Waals surface area contributed by atoms with E-state index in [0.29, 0.717) is 0 Å². The lowest BCUT2D eigenvalue weighted by atomic mass is 10.0. The number of rotatable bonds is 1. The van der Waals surface area contributed by atoms with Gasteiger partial charge in [-0.05, 0) is 46.5 Å². The molecule has 0 aliphatic heterocycles. The number of benzene rings is 2. The van der Waals surface area contributed by atoms with Gasteiger partial charge >= 0.3 is 0 Å². The van der Waals surface area contributed by atoms with Crippen molar-refractivity contribution in [2.75, 3.05) is 0 Å². The highest BCUT2D eigenvalue weighted by Crippen LogP contribution is 2.27. The second-order valence-corrected chi connectivity index (χ2v) is 4.59. The lowest BCUT2D eigenvalue weighted by molar-refractivity contribution is 1.61. The minimum absolute atomic E-state index is 1.12. The Kier molecular flexibility index (Phi) is 2.59. The molecule has 0 unspecified atom stereocenters. The van der Waals surface area contributed by atoms with Crippen LogP contribution in [0.5, 0.6) is 0 Å². The summed E-state index contributed by atoms with van der Waals surface area (Å²) in [6.45, 7) is 6.07. The van der Waals surface area contributed by atoms with Crippen molar-refractivity contribution in [3.63, 3.8) is 0 Å². The van der Waals surface area contributed by atoms with Crippen molar-refractivity contribution in [2.45, 2.75) is 6.92 Å². The fourth-order valence-corrected chi connectivity index (χ4v) is 2.46. The molecule has 0 heterocycles. The first-order valence-electron chi connectivity index (χ1n) is 4.53. The van der Waals surface area contributed by atoms with Crippen LogP contribution in [0.4, 0.5) is 0 Å². The second kappa shape index (κ2) is 3.73. The van der Waals surface area contributed by atoms with Crippen LogP contribution in [-0.2, 0) is 0 Å². The van der Waals surface area contributed by atoms with Gasteiger partial charge in [-0.2, -0.15) is 0 Å². The van der Waals surface area contributed by atoms with Crippen molar-refractivity contribution in [1.82, 2.24) is 0 Å². The maximum Gasteiger partial charge on any atom is 0.0214 e. The topological polar surface area (TPSA) is 0 Å². The predicted molar refractivity (Wildman–Crippen MR) is 71.4 cm³/mol. The van der Waals surface area contributed by atoms with Crippen LogP contribution in [0.3, 0.4) is 0 Å². The van der Waals surface area contributed by atoms with E-state index in [1.165, 1.54) is 19.9 Å². The average molecular weight is 294 g/mol. The Morgan fingerprint density at radius 3 is 2.43 bits per heavy atom. The van der Waals surface area contributed by atoms with Gasteiger partial charge in [0.15, 0.2) is 0 Å². The van der Waals surface area contributed by atoms with Crippen molar-refractivity contribution in [2.24, 2.45) is 0 Å². The van der Waals surface area contributed by atoms with Crippen LogP contribution in [0.15, 0.2) is 43.0 Å². The fraction of sp³-hybridized carbons (Fsp3) is 0.0769. The second-order valence-electron chi connectivity index (χ2n) is 3.42. The Morgan fingerprint density at radius 1 is 1.14 bits per heavy atom. The first-order valence-corrected chi connectivity index (χ1v) is 5.61. The molecule has 1 heteroatoms. The molecule has 0 spiro atoms. The summed E-state index contributed by atoms with van der Waals surface area (Å²) in [6.07, 6.45) is 0. The summed E-state index contributed by atoms with van der Waals surface area (Å²) in [6, 6.07) is 12.7. The van der Waals surface area contributed by atoms with E-state index in [0.717, 1.165) is 5.57 Å². The molecular weight excluding hydrogens is 283 g/mol. The van der Waals surface area contributed by atoms with Crippen LogP contribution in [0.1, 0.15) is 12.5 Å². The van der Waals surface area contributed by atoms with E-state index in [1.54, 1.807) is 0 Å². The van der Waals surface area contributed by atoms with Crippen molar-refractivity contribution in [3.05, 3.63) is 52.1 Å². The van der Waals surface area contributed by atoms with Gasteiger partial charge in [0, 0.05) is 8.96 Å². The molecule has 14 heavy (non-hydrogen) atoms. The van der Waals surface area contributed by atoms with Crippen molar-refractivity contribution < 1.29 is 0 Å². The minimum atomic E-state index is 1.12. The normalized spacial score (nSPS) is 10.4. The molecule has 0 aliphatic carbocycles. The zero-order valence-electron chi connectivity index (χ0n) is 8.05. The summed E-state index contributed by atoms with van der Waals surface area (Å²) >= 11 is 2.38. The predicted octanol–water partition coefficient (Wildman–Crippen LogP) is 4.48. The Bertz CT molecular complexity index is 492. The quantitative estimate of drug-likeness (QED) is 0.680. The number of hydrogen-bond acceptors (Lipinski definition) is 0. The smallest absolute Gasteiger partial charge is 0.0214 e. The zero-order valence-corrected chi connectivity index (χ0v) is 10.2. The molecule has 0 bridgehead atoms. The molecule has 2 aromatic rings. The number of fused-ring (bicyclic) bond motifs is 1. The number of allylic oxidation sites excluding steroid dienone is 1. The molecule has 0 saturated heterocycles. The molecule has 0 radical (unpaired) electrons. The fourth-order valence-electron chi connectivity index (χ4n) is 1.65. The first kappa shape index (κ1) is 9.71. The standard InChI is InChI=1S/C13H11I/c1-9(2)11-7-3-5-10-6-4-8-12(14)13(10)11/h3-8H,1H2,2H3. The molecular formula is C13H11I. The Hall–Kier alpha value is -0.830. The third-order valence-corrected chi connectivity index (χ3v) is 3.21. The summed E-state index contributed by atoms with van der Waals surface area (Å²) < 4.78 is 1.29. The van der Waals surface area contributed by atoms with Gasteiger partial charge in [0.25, 0.3) is 0 Å². The molecule has 0 aromatic heterocycles. The molecule has 2 aromatic carbocycles. The van der Waals surface area contributed by atoms with Gasteiger partial charge < -0.3 is 0 Å². The van der Waals surface area contributed by atoms with Gasteiger partial charge in [-0.3, -0.25) is 0 Å². The highest BCUT2D eigenvalue weighted by molar-refractivity contribution is 14.1. The maximum atomic E-state index is 4.01. The Balaban J connectivity index is 2.91. The summed E-state index contributed by atoms with van der Waals surface area (Å²) in [5, 5.41) is 2.61. The van der Waals surface area contributed by atoms with Crippen LogP contribution < -0.4 is 0 Å². The molecule has 0 fully saturated rings. The van der Waals surface area contributed by atoms with Crippen LogP contribution in [0, 0.1) is 3.57 Å². The number of halogens is 1. The summed E-state index contributed by atoms with van der Waals surface area (Å²) in [5.74, 6) is 0.